The number of phenolic OH excluding ortho intramolecular Hbond substituents is 2. The highest BCUT2D eigenvalue weighted by atomic mass is 16.5. The summed E-state index contributed by atoms with van der Waals surface area (Å²) in [6.45, 7) is 27.8. The van der Waals surface area contributed by atoms with E-state index in [4.69, 9.17) is 18.9 Å². The molecule has 6 heterocycles. The van der Waals surface area contributed by atoms with Crippen LogP contribution in [0.15, 0.2) is 107 Å². The molecule has 1 aliphatic carbocycles. The van der Waals surface area contributed by atoms with Crippen LogP contribution >= 0.6 is 0 Å². The van der Waals surface area contributed by atoms with Crippen LogP contribution in [0.3, 0.4) is 0 Å². The second-order valence-electron chi connectivity index (χ2n) is 22.8. The Balaban J connectivity index is 1.40. The van der Waals surface area contributed by atoms with Gasteiger partial charge >= 0.3 is 0 Å². The number of nitrogens with zero attached hydrogens (tertiary/aromatic N) is 2. The topological polar surface area (TPSA) is 102 Å². The average Bonchev–Trinajstić information content (AvgIpc) is 3.25. The first kappa shape index (κ1) is 48.2. The standard InChI is InChI=1S/C60H70N2O6/c1-57(2,3)45-29-37-25-41-33-47(59(7,8)9)35-43-27-39-31-46(58(4,5)6)32-40(54(39)64)28-44-36-48(60(10,11)12)34-42(26-38(30-45)53(37)63)56(44)68-24-22-66-52-19-15-50(16-20-52)62-61-49-13-17-51(18-14-49)65-21-23-67-55(41)43/h13-20,29-36,63-64H,21-28H2,1-12H3. The molecule has 0 radical (unpaired) electrons. The van der Waals surface area contributed by atoms with E-state index in [0.717, 1.165) is 78.3 Å². The van der Waals surface area contributed by atoms with Gasteiger partial charge in [0.25, 0.3) is 0 Å². The minimum Gasteiger partial charge on any atom is -0.507 e. The molecule has 0 aromatic heterocycles. The Bertz CT molecular complexity index is 2540. The first-order valence-electron chi connectivity index (χ1n) is 24.2. The third kappa shape index (κ3) is 11.0. The summed E-state index contributed by atoms with van der Waals surface area (Å²) in [5.74, 6) is 3.37. The highest BCUT2D eigenvalue weighted by molar-refractivity contribution is 5.59. The van der Waals surface area contributed by atoms with Crippen LogP contribution in [-0.2, 0) is 47.3 Å². The second-order valence-corrected chi connectivity index (χ2v) is 22.8. The molecular weight excluding hydrogens is 845 g/mol. The first-order chi connectivity index (χ1) is 32.0. The van der Waals surface area contributed by atoms with Crippen molar-refractivity contribution in [3.8, 4) is 34.5 Å². The Kier molecular flexibility index (Phi) is 13.2. The van der Waals surface area contributed by atoms with Gasteiger partial charge < -0.3 is 29.2 Å². The predicted octanol–water partition coefficient (Wildman–Crippen LogP) is 14.6. The summed E-state index contributed by atoms with van der Waals surface area (Å²) in [4.78, 5) is 0. The quantitative estimate of drug-likeness (QED) is 0.157. The van der Waals surface area contributed by atoms with Gasteiger partial charge in [0, 0.05) is 25.7 Å². The van der Waals surface area contributed by atoms with E-state index in [2.05, 4.69) is 142 Å². The molecule has 0 spiro atoms. The van der Waals surface area contributed by atoms with E-state index in [-0.39, 0.29) is 59.6 Å². The second kappa shape index (κ2) is 18.7. The van der Waals surface area contributed by atoms with E-state index in [9.17, 15) is 10.2 Å². The fourth-order valence-corrected chi connectivity index (χ4v) is 8.96. The molecule has 0 saturated carbocycles. The highest BCUT2D eigenvalue weighted by Gasteiger charge is 2.29. The highest BCUT2D eigenvalue weighted by Crippen LogP contribution is 2.44. The minimum atomic E-state index is -0.217. The molecule has 6 aromatic rings. The summed E-state index contributed by atoms with van der Waals surface area (Å²) in [6, 6.07) is 32.7. The summed E-state index contributed by atoms with van der Waals surface area (Å²) < 4.78 is 26.4. The van der Waals surface area contributed by atoms with Crippen LogP contribution in [0.25, 0.3) is 0 Å². The molecular formula is C60H70N2O6. The molecule has 13 rings (SSSR count). The largest absolute Gasteiger partial charge is 0.507 e. The van der Waals surface area contributed by atoms with Crippen molar-refractivity contribution in [1.82, 2.24) is 0 Å². The van der Waals surface area contributed by atoms with Crippen LogP contribution in [-0.4, -0.2) is 36.6 Å². The molecule has 8 heteroatoms. The number of phenols is 2. The van der Waals surface area contributed by atoms with E-state index in [1.54, 1.807) is 0 Å². The number of rotatable bonds is 0. The molecule has 0 atom stereocenters. The van der Waals surface area contributed by atoms with Gasteiger partial charge in [0.2, 0.25) is 0 Å². The van der Waals surface area contributed by atoms with Gasteiger partial charge in [-0.05, 0) is 137 Å². The Morgan fingerprint density at radius 1 is 0.338 bits per heavy atom. The minimum absolute atomic E-state index is 0.213. The summed E-state index contributed by atoms with van der Waals surface area (Å²) in [5.41, 5.74) is 12.2. The zero-order valence-corrected chi connectivity index (χ0v) is 42.3. The van der Waals surface area contributed by atoms with Gasteiger partial charge in [0.1, 0.15) is 60.9 Å². The molecule has 8 nitrogen and oxygen atoms in total. The smallest absolute Gasteiger partial charge is 0.126 e. The lowest BCUT2D eigenvalue weighted by Crippen LogP contribution is -2.18. The first-order valence-corrected chi connectivity index (χ1v) is 24.2. The van der Waals surface area contributed by atoms with Gasteiger partial charge in [0.05, 0.1) is 11.4 Å². The van der Waals surface area contributed by atoms with Crippen molar-refractivity contribution in [3.63, 3.8) is 0 Å². The zero-order valence-electron chi connectivity index (χ0n) is 42.3. The number of ether oxygens (including phenoxy) is 4. The maximum absolute atomic E-state index is 12.7. The maximum Gasteiger partial charge on any atom is 0.126 e. The monoisotopic (exact) mass is 915 g/mol. The van der Waals surface area contributed by atoms with Crippen molar-refractivity contribution in [2.24, 2.45) is 10.2 Å². The van der Waals surface area contributed by atoms with Crippen LogP contribution < -0.4 is 18.9 Å². The van der Waals surface area contributed by atoms with Gasteiger partial charge in [0.15, 0.2) is 0 Å². The Morgan fingerprint density at radius 2 is 0.574 bits per heavy atom. The van der Waals surface area contributed by atoms with Crippen molar-refractivity contribution >= 4 is 11.4 Å². The van der Waals surface area contributed by atoms with E-state index in [0.29, 0.717) is 48.6 Å². The van der Waals surface area contributed by atoms with E-state index < -0.39 is 0 Å². The molecule has 6 aliphatic heterocycles. The van der Waals surface area contributed by atoms with E-state index in [1.165, 1.54) is 0 Å². The zero-order chi connectivity index (χ0) is 48.8. The van der Waals surface area contributed by atoms with E-state index in [1.807, 2.05) is 48.5 Å². The Hall–Kier alpha value is -6.28. The Morgan fingerprint density at radius 3 is 0.824 bits per heavy atom. The normalized spacial score (nSPS) is 14.8. The SMILES string of the molecule is CC(C)(C)c1cc2c(O)c(c1)Cc1cc(C(C)(C)C)cc3c1OCCOc1ccc(cc1)N=Nc1ccc(cc1)OCCOc1c(cc(C(C)(C)C)cc1Cc1cc(C(C)(C)C)cc(c1O)C3)C2. The summed E-state index contributed by atoms with van der Waals surface area (Å²) >= 11 is 0. The summed E-state index contributed by atoms with van der Waals surface area (Å²) in [7, 11) is 0. The Labute approximate surface area is 404 Å². The molecule has 68 heavy (non-hydrogen) atoms. The van der Waals surface area contributed by atoms with Gasteiger partial charge in [-0.15, -0.1) is 0 Å². The van der Waals surface area contributed by atoms with Crippen molar-refractivity contribution in [3.05, 3.63) is 164 Å². The van der Waals surface area contributed by atoms with Crippen molar-refractivity contribution < 1.29 is 29.2 Å². The fourth-order valence-electron chi connectivity index (χ4n) is 8.96. The lowest BCUT2D eigenvalue weighted by molar-refractivity contribution is 0.215. The van der Waals surface area contributed by atoms with Gasteiger partial charge in [-0.2, -0.15) is 10.2 Å². The lowest BCUT2D eigenvalue weighted by atomic mass is 9.79. The molecule has 0 unspecified atom stereocenters. The number of benzene rings is 6. The summed E-state index contributed by atoms with van der Waals surface area (Å²) in [6.07, 6.45) is 1.67. The van der Waals surface area contributed by atoms with Crippen LogP contribution in [0.5, 0.6) is 34.5 Å². The molecule has 0 amide bonds. The fraction of sp³-hybridized carbons (Fsp3) is 0.400. The number of azo groups is 1. The lowest BCUT2D eigenvalue weighted by Gasteiger charge is -2.28. The van der Waals surface area contributed by atoms with Crippen LogP contribution in [0.1, 0.15) is 150 Å². The third-order valence-corrected chi connectivity index (χ3v) is 13.2. The molecule has 356 valence electrons. The van der Waals surface area contributed by atoms with Crippen molar-refractivity contribution in [2.75, 3.05) is 26.4 Å². The van der Waals surface area contributed by atoms with Crippen LogP contribution in [0.2, 0.25) is 0 Å². The van der Waals surface area contributed by atoms with E-state index >= 15 is 0 Å². The number of hydrogen-bond acceptors (Lipinski definition) is 8. The molecule has 6 aromatic carbocycles. The van der Waals surface area contributed by atoms with Crippen molar-refractivity contribution in [1.29, 1.82) is 0 Å². The molecule has 0 saturated heterocycles. The van der Waals surface area contributed by atoms with Crippen molar-refractivity contribution in [2.45, 2.75) is 130 Å². The van der Waals surface area contributed by atoms with Gasteiger partial charge in [-0.25, -0.2) is 0 Å². The molecule has 0 fully saturated rings. The molecule has 2 N–H and O–H groups in total. The average molecular weight is 915 g/mol. The molecule has 14 bridgehead atoms. The number of hydrogen-bond donors (Lipinski definition) is 2. The molecule has 7 aliphatic rings. The van der Waals surface area contributed by atoms with Gasteiger partial charge in [-0.1, -0.05) is 132 Å². The maximum atomic E-state index is 12.7. The van der Waals surface area contributed by atoms with Crippen LogP contribution in [0, 0.1) is 0 Å². The van der Waals surface area contributed by atoms with Gasteiger partial charge in [-0.3, -0.25) is 0 Å². The number of aromatic hydroxyl groups is 2. The van der Waals surface area contributed by atoms with Crippen LogP contribution in [0.4, 0.5) is 11.4 Å². The predicted molar refractivity (Wildman–Crippen MR) is 274 cm³/mol. The third-order valence-electron chi connectivity index (χ3n) is 13.2. The summed E-state index contributed by atoms with van der Waals surface area (Å²) in [5, 5.41) is 34.2.